The van der Waals surface area contributed by atoms with Crippen molar-refractivity contribution in [3.63, 3.8) is 0 Å². The van der Waals surface area contributed by atoms with E-state index < -0.39 is 0 Å². The first-order valence-corrected chi connectivity index (χ1v) is 8.81. The minimum absolute atomic E-state index is 0.142. The van der Waals surface area contributed by atoms with E-state index in [2.05, 4.69) is 45.8 Å². The second-order valence-corrected chi connectivity index (χ2v) is 6.43. The van der Waals surface area contributed by atoms with Crippen molar-refractivity contribution in [2.75, 3.05) is 19.0 Å². The molecule has 0 fully saturated rings. The standard InChI is InChI=1S/C21H20N4O2/c1-27-20-12-11-19(23-24-20)22-21(26)25-13-16-9-5-6-10-17(16)18(14-25)15-7-3-2-4-8-15/h2-12,18H,13-14H2,1H3,(H,22,23,26). The Morgan fingerprint density at radius 1 is 1.04 bits per heavy atom. The summed E-state index contributed by atoms with van der Waals surface area (Å²) in [5.74, 6) is 0.948. The summed E-state index contributed by atoms with van der Waals surface area (Å²) in [6.07, 6.45) is 0. The van der Waals surface area contributed by atoms with Crippen molar-refractivity contribution in [2.24, 2.45) is 0 Å². The quantitative estimate of drug-likeness (QED) is 0.774. The van der Waals surface area contributed by atoms with Gasteiger partial charge in [-0.25, -0.2) is 4.79 Å². The molecule has 0 saturated carbocycles. The molecule has 27 heavy (non-hydrogen) atoms. The van der Waals surface area contributed by atoms with Crippen LogP contribution in [0.3, 0.4) is 0 Å². The molecule has 136 valence electrons. The maximum absolute atomic E-state index is 12.8. The number of urea groups is 1. The average molecular weight is 360 g/mol. The van der Waals surface area contributed by atoms with E-state index in [0.717, 1.165) is 5.56 Å². The lowest BCUT2D eigenvalue weighted by Gasteiger charge is -2.35. The number of nitrogens with zero attached hydrogens (tertiary/aromatic N) is 3. The van der Waals surface area contributed by atoms with Gasteiger partial charge in [0.1, 0.15) is 0 Å². The van der Waals surface area contributed by atoms with E-state index in [9.17, 15) is 4.79 Å². The number of benzene rings is 2. The van der Waals surface area contributed by atoms with Crippen molar-refractivity contribution in [2.45, 2.75) is 12.5 Å². The molecule has 1 unspecified atom stereocenters. The zero-order valence-corrected chi connectivity index (χ0v) is 15.0. The number of methoxy groups -OCH3 is 1. The molecule has 0 saturated heterocycles. The number of carbonyl (C=O) groups excluding carboxylic acids is 1. The third-order valence-corrected chi connectivity index (χ3v) is 4.77. The lowest BCUT2D eigenvalue weighted by atomic mass is 9.85. The Bertz CT molecular complexity index is 928. The molecule has 1 atom stereocenters. The van der Waals surface area contributed by atoms with Crippen LogP contribution >= 0.6 is 0 Å². The van der Waals surface area contributed by atoms with Crippen molar-refractivity contribution in [3.05, 3.63) is 83.4 Å². The van der Waals surface area contributed by atoms with Gasteiger partial charge in [0.25, 0.3) is 0 Å². The van der Waals surface area contributed by atoms with Crippen LogP contribution in [-0.2, 0) is 6.54 Å². The van der Waals surface area contributed by atoms with E-state index in [1.807, 2.05) is 29.2 Å². The van der Waals surface area contributed by atoms with Gasteiger partial charge in [0.15, 0.2) is 5.82 Å². The normalized spacial score (nSPS) is 15.7. The first-order valence-electron chi connectivity index (χ1n) is 8.81. The van der Waals surface area contributed by atoms with Crippen molar-refractivity contribution in [1.82, 2.24) is 15.1 Å². The molecule has 0 spiro atoms. The number of carbonyl (C=O) groups is 1. The van der Waals surface area contributed by atoms with Gasteiger partial charge in [-0.05, 0) is 22.8 Å². The zero-order valence-electron chi connectivity index (χ0n) is 15.0. The molecule has 1 aliphatic heterocycles. The molecule has 2 heterocycles. The largest absolute Gasteiger partial charge is 0.480 e. The summed E-state index contributed by atoms with van der Waals surface area (Å²) in [5, 5.41) is 10.7. The van der Waals surface area contributed by atoms with Crippen molar-refractivity contribution < 1.29 is 9.53 Å². The number of nitrogens with one attached hydrogen (secondary N) is 1. The highest BCUT2D eigenvalue weighted by molar-refractivity contribution is 5.88. The number of aromatic nitrogens is 2. The molecule has 2 aromatic carbocycles. The Morgan fingerprint density at radius 2 is 1.81 bits per heavy atom. The van der Waals surface area contributed by atoms with E-state index in [1.54, 1.807) is 12.1 Å². The predicted molar refractivity (Wildman–Crippen MR) is 103 cm³/mol. The Labute approximate surface area is 157 Å². The van der Waals surface area contributed by atoms with E-state index >= 15 is 0 Å². The maximum atomic E-state index is 12.8. The molecule has 0 radical (unpaired) electrons. The van der Waals surface area contributed by atoms with Crippen LogP contribution in [0.1, 0.15) is 22.6 Å². The highest BCUT2D eigenvalue weighted by Crippen LogP contribution is 2.33. The fraction of sp³-hybridized carbons (Fsp3) is 0.190. The van der Waals surface area contributed by atoms with Gasteiger partial charge in [-0.3, -0.25) is 5.32 Å². The predicted octanol–water partition coefficient (Wildman–Crippen LogP) is 3.66. The second kappa shape index (κ2) is 7.45. The molecule has 2 amide bonds. The van der Waals surface area contributed by atoms with Gasteiger partial charge < -0.3 is 9.64 Å². The van der Waals surface area contributed by atoms with Gasteiger partial charge in [-0.2, -0.15) is 0 Å². The van der Waals surface area contributed by atoms with Crippen molar-refractivity contribution in [3.8, 4) is 5.88 Å². The van der Waals surface area contributed by atoms with Crippen molar-refractivity contribution >= 4 is 11.8 Å². The summed E-state index contributed by atoms with van der Waals surface area (Å²) >= 11 is 0. The molecule has 6 nitrogen and oxygen atoms in total. The molecular weight excluding hydrogens is 340 g/mol. The number of rotatable bonds is 3. The van der Waals surface area contributed by atoms with Gasteiger partial charge in [0.05, 0.1) is 7.11 Å². The number of anilines is 1. The minimum atomic E-state index is -0.190. The number of hydrogen-bond acceptors (Lipinski definition) is 4. The highest BCUT2D eigenvalue weighted by atomic mass is 16.5. The Morgan fingerprint density at radius 3 is 2.56 bits per heavy atom. The van der Waals surface area contributed by atoms with Crippen LogP contribution < -0.4 is 10.1 Å². The fourth-order valence-corrected chi connectivity index (χ4v) is 3.42. The van der Waals surface area contributed by atoms with Crippen LogP contribution in [0, 0.1) is 0 Å². The summed E-state index contributed by atoms with van der Waals surface area (Å²) < 4.78 is 5.00. The summed E-state index contributed by atoms with van der Waals surface area (Å²) in [7, 11) is 1.52. The van der Waals surface area contributed by atoms with Crippen LogP contribution in [0.15, 0.2) is 66.7 Å². The lowest BCUT2D eigenvalue weighted by molar-refractivity contribution is 0.202. The average Bonchev–Trinajstić information content (AvgIpc) is 2.74. The van der Waals surface area contributed by atoms with E-state index in [4.69, 9.17) is 4.74 Å². The van der Waals surface area contributed by atoms with Gasteiger partial charge in [0.2, 0.25) is 5.88 Å². The molecule has 4 rings (SSSR count). The first-order chi connectivity index (χ1) is 13.2. The minimum Gasteiger partial charge on any atom is -0.480 e. The molecule has 3 aromatic rings. The molecule has 0 bridgehead atoms. The lowest BCUT2D eigenvalue weighted by Crippen LogP contribution is -2.41. The van der Waals surface area contributed by atoms with Crippen LogP contribution in [-0.4, -0.2) is 34.8 Å². The van der Waals surface area contributed by atoms with E-state index in [1.165, 1.54) is 18.2 Å². The SMILES string of the molecule is COc1ccc(NC(=O)N2Cc3ccccc3C(c3ccccc3)C2)nn1. The third-order valence-electron chi connectivity index (χ3n) is 4.77. The number of hydrogen-bond donors (Lipinski definition) is 1. The monoisotopic (exact) mass is 360 g/mol. The first kappa shape index (κ1) is 17.0. The summed E-state index contributed by atoms with van der Waals surface area (Å²) in [6, 6.07) is 21.7. The highest BCUT2D eigenvalue weighted by Gasteiger charge is 2.29. The van der Waals surface area contributed by atoms with E-state index in [-0.39, 0.29) is 11.9 Å². The van der Waals surface area contributed by atoms with Gasteiger partial charge in [-0.15, -0.1) is 10.2 Å². The van der Waals surface area contributed by atoms with Crippen LogP contribution in [0.4, 0.5) is 10.6 Å². The molecule has 1 N–H and O–H groups in total. The van der Waals surface area contributed by atoms with Crippen molar-refractivity contribution in [1.29, 1.82) is 0 Å². The van der Waals surface area contributed by atoms with Crippen LogP contribution in [0.5, 0.6) is 5.88 Å². The van der Waals surface area contributed by atoms with Crippen LogP contribution in [0.25, 0.3) is 0 Å². The number of fused-ring (bicyclic) bond motifs is 1. The number of amides is 2. The Balaban J connectivity index is 1.57. The summed E-state index contributed by atoms with van der Waals surface area (Å²) in [4.78, 5) is 14.6. The molecule has 1 aromatic heterocycles. The fourth-order valence-electron chi connectivity index (χ4n) is 3.42. The molecular formula is C21H20N4O2. The molecule has 1 aliphatic rings. The third kappa shape index (κ3) is 3.60. The molecule has 6 heteroatoms. The zero-order chi connectivity index (χ0) is 18.6. The Kier molecular flexibility index (Phi) is 4.70. The van der Waals surface area contributed by atoms with Crippen LogP contribution in [0.2, 0.25) is 0 Å². The van der Waals surface area contributed by atoms with E-state index in [0.29, 0.717) is 24.8 Å². The van der Waals surface area contributed by atoms with Gasteiger partial charge >= 0.3 is 6.03 Å². The summed E-state index contributed by atoms with van der Waals surface area (Å²) in [5.41, 5.74) is 3.64. The smallest absolute Gasteiger partial charge is 0.323 e. The van der Waals surface area contributed by atoms with Gasteiger partial charge in [0, 0.05) is 25.1 Å². The summed E-state index contributed by atoms with van der Waals surface area (Å²) in [6.45, 7) is 1.17. The van der Waals surface area contributed by atoms with Gasteiger partial charge in [-0.1, -0.05) is 54.6 Å². The maximum Gasteiger partial charge on any atom is 0.323 e. The Hall–Kier alpha value is -3.41. The topological polar surface area (TPSA) is 67.3 Å². The molecule has 0 aliphatic carbocycles. The number of ether oxygens (including phenoxy) is 1. The second-order valence-electron chi connectivity index (χ2n) is 6.43.